The van der Waals surface area contributed by atoms with Crippen molar-refractivity contribution in [2.45, 2.75) is 13.0 Å². The van der Waals surface area contributed by atoms with Crippen molar-refractivity contribution < 1.29 is 0 Å². The summed E-state index contributed by atoms with van der Waals surface area (Å²) in [6.45, 7) is 2.14. The van der Waals surface area contributed by atoms with Crippen LogP contribution in [-0.4, -0.2) is 29.9 Å². The number of nitrogens with zero attached hydrogens (tertiary/aromatic N) is 5. The molecule has 6 rings (SSSR count). The number of rotatable bonds is 3. The van der Waals surface area contributed by atoms with Gasteiger partial charge in [-0.05, 0) is 42.3 Å². The fourth-order valence-electron chi connectivity index (χ4n) is 4.13. The molecule has 0 spiro atoms. The summed E-state index contributed by atoms with van der Waals surface area (Å²) >= 11 is 0. The number of nitrogens with one attached hydrogen (secondary N) is 1. The molecule has 0 aliphatic carbocycles. The minimum Gasteiger partial charge on any atom is -0.346 e. The van der Waals surface area contributed by atoms with Crippen LogP contribution in [0.3, 0.4) is 0 Å². The Kier molecular flexibility index (Phi) is 3.64. The van der Waals surface area contributed by atoms with Gasteiger partial charge in [-0.2, -0.15) is 0 Å². The van der Waals surface area contributed by atoms with E-state index in [1.807, 2.05) is 35.1 Å². The summed E-state index contributed by atoms with van der Waals surface area (Å²) in [5.41, 5.74) is 7.01. The second-order valence-electron chi connectivity index (χ2n) is 7.45. The molecule has 4 aromatic heterocycles. The predicted molar refractivity (Wildman–Crippen MR) is 118 cm³/mol. The number of benzene rings is 2. The highest BCUT2D eigenvalue weighted by Gasteiger charge is 2.17. The van der Waals surface area contributed by atoms with Gasteiger partial charge in [-0.3, -0.25) is 4.98 Å². The van der Waals surface area contributed by atoms with Crippen LogP contribution in [0.5, 0.6) is 0 Å². The molecule has 144 valence electrons. The fourth-order valence-corrected chi connectivity index (χ4v) is 4.13. The van der Waals surface area contributed by atoms with Crippen LogP contribution in [0.1, 0.15) is 18.5 Å². The Morgan fingerprint density at radius 3 is 2.70 bits per heavy atom. The second kappa shape index (κ2) is 6.49. The number of pyridine rings is 2. The molecule has 6 heteroatoms. The summed E-state index contributed by atoms with van der Waals surface area (Å²) in [6.07, 6.45) is 5.61. The predicted octanol–water partition coefficient (Wildman–Crippen LogP) is 5.13. The van der Waals surface area contributed by atoms with E-state index in [0.29, 0.717) is 0 Å². The van der Waals surface area contributed by atoms with Gasteiger partial charge >= 0.3 is 0 Å². The summed E-state index contributed by atoms with van der Waals surface area (Å²) in [7, 11) is 0. The van der Waals surface area contributed by atoms with Crippen molar-refractivity contribution in [1.82, 2.24) is 29.9 Å². The molecule has 0 aliphatic heterocycles. The van der Waals surface area contributed by atoms with Crippen molar-refractivity contribution in [3.63, 3.8) is 0 Å². The van der Waals surface area contributed by atoms with Gasteiger partial charge in [-0.1, -0.05) is 41.6 Å². The maximum atomic E-state index is 4.60. The Morgan fingerprint density at radius 1 is 0.900 bits per heavy atom. The van der Waals surface area contributed by atoms with E-state index >= 15 is 0 Å². The fraction of sp³-hybridized carbons (Fsp3) is 0.0833. The van der Waals surface area contributed by atoms with Gasteiger partial charge < -0.3 is 4.98 Å². The van der Waals surface area contributed by atoms with Crippen molar-refractivity contribution in [2.24, 2.45) is 0 Å². The molecule has 0 aliphatic rings. The summed E-state index contributed by atoms with van der Waals surface area (Å²) in [5.74, 6) is 0. The molecule has 6 nitrogen and oxygen atoms in total. The minimum atomic E-state index is 0.0581. The first kappa shape index (κ1) is 16.9. The molecule has 0 saturated heterocycles. The first-order valence-electron chi connectivity index (χ1n) is 9.91. The summed E-state index contributed by atoms with van der Waals surface area (Å²) in [4.78, 5) is 12.3. The van der Waals surface area contributed by atoms with Gasteiger partial charge in [0.1, 0.15) is 16.7 Å². The second-order valence-corrected chi connectivity index (χ2v) is 7.45. The van der Waals surface area contributed by atoms with E-state index in [1.165, 1.54) is 5.56 Å². The number of H-pyrrole nitrogens is 1. The molecule has 6 aromatic rings. The van der Waals surface area contributed by atoms with Crippen LogP contribution in [0, 0.1) is 0 Å². The number of hydrogen-bond donors (Lipinski definition) is 1. The molecular formula is C24H18N6. The normalized spacial score (nSPS) is 12.7. The highest BCUT2D eigenvalue weighted by atomic mass is 15.4. The number of aromatic nitrogens is 6. The van der Waals surface area contributed by atoms with Gasteiger partial charge in [0.25, 0.3) is 0 Å². The van der Waals surface area contributed by atoms with Gasteiger partial charge in [0, 0.05) is 28.7 Å². The van der Waals surface area contributed by atoms with Gasteiger partial charge in [0.15, 0.2) is 0 Å². The maximum Gasteiger partial charge on any atom is 0.137 e. The highest BCUT2D eigenvalue weighted by molar-refractivity contribution is 6.05. The monoisotopic (exact) mass is 390 g/mol. The van der Waals surface area contributed by atoms with Crippen molar-refractivity contribution in [3.8, 4) is 11.1 Å². The zero-order valence-electron chi connectivity index (χ0n) is 16.3. The molecule has 0 amide bonds. The largest absolute Gasteiger partial charge is 0.346 e. The molecule has 1 N–H and O–H groups in total. The molecule has 0 saturated carbocycles. The SMILES string of the molecule is C[C@@H](c1ccccc1)n1nnc2cnc3ccc(-c4c[nH]c5ncccc45)cc3c21. The van der Waals surface area contributed by atoms with Crippen LogP contribution < -0.4 is 0 Å². The lowest BCUT2D eigenvalue weighted by Crippen LogP contribution is -2.08. The maximum absolute atomic E-state index is 4.60. The summed E-state index contributed by atoms with van der Waals surface area (Å²) in [5, 5.41) is 11.0. The topological polar surface area (TPSA) is 72.3 Å². The van der Waals surface area contributed by atoms with Crippen molar-refractivity contribution in [1.29, 1.82) is 0 Å². The third-order valence-electron chi connectivity index (χ3n) is 5.71. The Balaban J connectivity index is 1.59. The molecule has 30 heavy (non-hydrogen) atoms. The number of hydrogen-bond acceptors (Lipinski definition) is 4. The van der Waals surface area contributed by atoms with Crippen LogP contribution in [0.4, 0.5) is 0 Å². The first-order chi connectivity index (χ1) is 14.8. The lowest BCUT2D eigenvalue weighted by atomic mass is 10.0. The standard InChI is InChI=1S/C24H18N6/c1-15(16-6-3-2-4-7-16)30-23-19-12-17(9-10-21(19)26-14-22(23)28-29-30)20-13-27-24-18(20)8-5-11-25-24/h2-15H,1H3,(H,25,27)/t15-/m0/s1. The van der Waals surface area contributed by atoms with E-state index in [9.17, 15) is 0 Å². The lowest BCUT2D eigenvalue weighted by molar-refractivity contribution is 0.561. The van der Waals surface area contributed by atoms with Gasteiger partial charge in [0.05, 0.1) is 17.8 Å². The van der Waals surface area contributed by atoms with E-state index in [2.05, 4.69) is 68.6 Å². The molecule has 4 heterocycles. The summed E-state index contributed by atoms with van der Waals surface area (Å²) in [6, 6.07) is 20.8. The van der Waals surface area contributed by atoms with E-state index in [0.717, 1.165) is 44.1 Å². The van der Waals surface area contributed by atoms with Gasteiger partial charge in [-0.25, -0.2) is 9.67 Å². The van der Waals surface area contributed by atoms with E-state index in [1.54, 1.807) is 12.4 Å². The van der Waals surface area contributed by atoms with Gasteiger partial charge in [-0.15, -0.1) is 5.10 Å². The van der Waals surface area contributed by atoms with Gasteiger partial charge in [0.2, 0.25) is 0 Å². The first-order valence-corrected chi connectivity index (χ1v) is 9.91. The average Bonchev–Trinajstić information content (AvgIpc) is 3.43. The van der Waals surface area contributed by atoms with Crippen molar-refractivity contribution >= 4 is 33.0 Å². The molecule has 1 atom stereocenters. The van der Waals surface area contributed by atoms with Crippen LogP contribution in [0.15, 0.2) is 79.3 Å². The van der Waals surface area contributed by atoms with E-state index in [4.69, 9.17) is 0 Å². The van der Waals surface area contributed by atoms with E-state index in [-0.39, 0.29) is 6.04 Å². The number of aromatic amines is 1. The van der Waals surface area contributed by atoms with Crippen LogP contribution in [0.25, 0.3) is 44.1 Å². The average molecular weight is 390 g/mol. The Hall–Kier alpha value is -4.06. The third-order valence-corrected chi connectivity index (χ3v) is 5.71. The smallest absolute Gasteiger partial charge is 0.137 e. The Labute approximate surface area is 172 Å². The molecule has 0 unspecified atom stereocenters. The van der Waals surface area contributed by atoms with Crippen molar-refractivity contribution in [2.75, 3.05) is 0 Å². The Morgan fingerprint density at radius 2 is 1.80 bits per heavy atom. The van der Waals surface area contributed by atoms with Crippen LogP contribution >= 0.6 is 0 Å². The Bertz CT molecular complexity index is 1510. The molecule has 0 radical (unpaired) electrons. The molecule has 2 aromatic carbocycles. The van der Waals surface area contributed by atoms with Crippen LogP contribution in [0.2, 0.25) is 0 Å². The zero-order chi connectivity index (χ0) is 20.1. The molecule has 0 fully saturated rings. The quantitative estimate of drug-likeness (QED) is 0.455. The molecule has 0 bridgehead atoms. The number of fused-ring (bicyclic) bond motifs is 4. The lowest BCUT2D eigenvalue weighted by Gasteiger charge is -2.14. The van der Waals surface area contributed by atoms with Crippen LogP contribution in [-0.2, 0) is 0 Å². The zero-order valence-corrected chi connectivity index (χ0v) is 16.3. The summed E-state index contributed by atoms with van der Waals surface area (Å²) < 4.78 is 2.00. The highest BCUT2D eigenvalue weighted by Crippen LogP contribution is 2.33. The minimum absolute atomic E-state index is 0.0581. The molecular weight excluding hydrogens is 372 g/mol. The third kappa shape index (κ3) is 2.50. The van der Waals surface area contributed by atoms with Crippen molar-refractivity contribution in [3.05, 3.63) is 84.8 Å². The van der Waals surface area contributed by atoms with E-state index < -0.39 is 0 Å².